The summed E-state index contributed by atoms with van der Waals surface area (Å²) < 4.78 is 6.91. The van der Waals surface area contributed by atoms with Gasteiger partial charge in [0.25, 0.3) is 0 Å². The van der Waals surface area contributed by atoms with Crippen LogP contribution in [0.4, 0.5) is 0 Å². The van der Waals surface area contributed by atoms with Crippen LogP contribution in [0.2, 0.25) is 0 Å². The van der Waals surface area contributed by atoms with Crippen molar-refractivity contribution < 1.29 is 43.4 Å². The summed E-state index contributed by atoms with van der Waals surface area (Å²) >= 11 is -2.49. The predicted octanol–water partition coefficient (Wildman–Crippen LogP) is 2.43. The molecule has 0 spiro atoms. The summed E-state index contributed by atoms with van der Waals surface area (Å²) in [6.07, 6.45) is 5.15. The second kappa shape index (κ2) is 14.5. The fraction of sp³-hybridized carbons (Fsp3) is 0.158. The zero-order valence-electron chi connectivity index (χ0n) is 24.6. The van der Waals surface area contributed by atoms with E-state index in [-0.39, 0.29) is 24.8 Å². The molecule has 2 aliphatic rings. The molecule has 0 aliphatic heterocycles. The second-order valence-corrected chi connectivity index (χ2v) is 32.1. The molecule has 4 aromatic rings. The van der Waals surface area contributed by atoms with Crippen molar-refractivity contribution in [3.05, 3.63) is 162 Å². The second-order valence-electron chi connectivity index (χ2n) is 11.0. The van der Waals surface area contributed by atoms with Gasteiger partial charge in [-0.05, 0) is 0 Å². The standard InChI is InChI=1S/2C13H13.C12H10Ge.2ClH.Zr/c2*1-10-8-11(2)13(9-10)12-6-4-3-5-7-12;1-3-7-11(8-4-1)13-12-9-5-2-6-10-12;;;/h2*3-7,9-10H,1-2H3;1-10H;2*1H;/q;;;;;+2/p-2. The predicted molar refractivity (Wildman–Crippen MR) is 170 cm³/mol. The largest absolute Gasteiger partial charge is 1.00 e. The van der Waals surface area contributed by atoms with E-state index in [1.165, 1.54) is 22.3 Å². The summed E-state index contributed by atoms with van der Waals surface area (Å²) in [5.74, 6) is 0.959. The van der Waals surface area contributed by atoms with Crippen molar-refractivity contribution in [2.75, 3.05) is 0 Å². The maximum Gasteiger partial charge on any atom is -1.00 e. The maximum atomic E-state index is 2.58. The van der Waals surface area contributed by atoms with Gasteiger partial charge in [0.05, 0.1) is 0 Å². The van der Waals surface area contributed by atoms with Gasteiger partial charge in [-0.2, -0.15) is 0 Å². The fourth-order valence-electron chi connectivity index (χ4n) is 6.66. The third-order valence-electron chi connectivity index (χ3n) is 8.44. The molecule has 0 saturated heterocycles. The Labute approximate surface area is 272 Å². The molecule has 0 bridgehead atoms. The van der Waals surface area contributed by atoms with E-state index in [0.29, 0.717) is 11.8 Å². The molecule has 2 atom stereocenters. The first-order valence-electron chi connectivity index (χ1n) is 14.4. The van der Waals surface area contributed by atoms with E-state index in [9.17, 15) is 0 Å². The van der Waals surface area contributed by atoms with E-state index in [1.807, 2.05) is 6.56 Å². The normalized spacial score (nSPS) is 17.5. The van der Waals surface area contributed by atoms with Crippen molar-refractivity contribution in [1.29, 1.82) is 0 Å². The number of rotatable bonds is 6. The van der Waals surface area contributed by atoms with E-state index in [1.54, 1.807) is 19.9 Å². The molecule has 0 radical (unpaired) electrons. The van der Waals surface area contributed by atoms with Crippen molar-refractivity contribution >= 4 is 29.9 Å². The third-order valence-corrected chi connectivity index (χ3v) is 40.5. The third kappa shape index (κ3) is 6.37. The van der Waals surface area contributed by atoms with E-state index in [2.05, 4.69) is 161 Å². The Balaban J connectivity index is 0.00000202. The molecule has 0 nitrogen and oxygen atoms in total. The van der Waals surface area contributed by atoms with Gasteiger partial charge in [-0.1, -0.05) is 0 Å². The minimum atomic E-state index is -2.49. The Hall–Kier alpha value is -2.15. The van der Waals surface area contributed by atoms with Gasteiger partial charge in [0.15, 0.2) is 0 Å². The Morgan fingerprint density at radius 2 is 0.786 bits per heavy atom. The number of halogens is 2. The molecule has 0 N–H and O–H groups in total. The summed E-state index contributed by atoms with van der Waals surface area (Å²) in [6.45, 7) is 9.82. The van der Waals surface area contributed by atoms with Crippen molar-refractivity contribution in [2.45, 2.75) is 27.7 Å². The molecule has 0 saturated carbocycles. The average Bonchev–Trinajstić information content (AvgIpc) is 3.47. The van der Waals surface area contributed by atoms with Gasteiger partial charge in [-0.15, -0.1) is 0 Å². The number of allylic oxidation sites excluding steroid dienone is 8. The van der Waals surface area contributed by atoms with Gasteiger partial charge in [-0.25, -0.2) is 0 Å². The van der Waals surface area contributed by atoms with Crippen LogP contribution < -0.4 is 33.6 Å². The number of hydrogen-bond donors (Lipinski definition) is 0. The number of benzene rings is 4. The van der Waals surface area contributed by atoms with Crippen LogP contribution in [-0.4, -0.2) is 9.98 Å². The number of hydrogen-bond acceptors (Lipinski definition) is 0. The molecule has 4 aromatic carbocycles. The fourth-order valence-corrected chi connectivity index (χ4v) is 46.6. The Kier molecular flexibility index (Phi) is 11.3. The van der Waals surface area contributed by atoms with Crippen LogP contribution in [0.15, 0.2) is 151 Å². The zero-order valence-corrected chi connectivity index (χ0v) is 30.7. The molecule has 42 heavy (non-hydrogen) atoms. The van der Waals surface area contributed by atoms with Crippen molar-refractivity contribution in [3.63, 3.8) is 0 Å². The minimum Gasteiger partial charge on any atom is -1.00 e. The van der Waals surface area contributed by atoms with Crippen LogP contribution in [0, 0.1) is 11.8 Å². The summed E-state index contributed by atoms with van der Waals surface area (Å²) in [4.78, 5) is 0. The maximum absolute atomic E-state index is 2.58. The summed E-state index contributed by atoms with van der Waals surface area (Å²) in [5, 5.41) is 0. The van der Waals surface area contributed by atoms with Crippen molar-refractivity contribution in [3.8, 4) is 0 Å². The Bertz CT molecular complexity index is 1570. The van der Waals surface area contributed by atoms with Crippen LogP contribution in [0.3, 0.4) is 0 Å². The average molecular weight is 727 g/mol. The smallest absolute Gasteiger partial charge is 1.00 e. The summed E-state index contributed by atoms with van der Waals surface area (Å²) in [6, 6.07) is 45.4. The van der Waals surface area contributed by atoms with E-state index < -0.39 is 28.6 Å². The van der Waals surface area contributed by atoms with Gasteiger partial charge in [0, 0.05) is 0 Å². The molecule has 4 heteroatoms. The van der Waals surface area contributed by atoms with E-state index in [4.69, 9.17) is 0 Å². The minimum absolute atomic E-state index is 0. The summed E-state index contributed by atoms with van der Waals surface area (Å²) in [7, 11) is -1.95. The molecule has 0 fully saturated rings. The molecule has 0 amide bonds. The quantitative estimate of drug-likeness (QED) is 0.268. The molecular formula is C38H36Cl2GeZr. The Morgan fingerprint density at radius 3 is 1.12 bits per heavy atom. The van der Waals surface area contributed by atoms with Crippen LogP contribution in [0.25, 0.3) is 11.1 Å². The Morgan fingerprint density at radius 1 is 0.476 bits per heavy atom. The molecular weight excluding hydrogens is 691 g/mol. The monoisotopic (exact) mass is 726 g/mol. The van der Waals surface area contributed by atoms with Gasteiger partial charge >= 0.3 is 250 Å². The molecule has 0 aromatic heterocycles. The van der Waals surface area contributed by atoms with Gasteiger partial charge in [0.1, 0.15) is 0 Å². The molecule has 2 aliphatic carbocycles. The molecule has 2 unspecified atom stereocenters. The zero-order chi connectivity index (χ0) is 27.6. The van der Waals surface area contributed by atoms with Gasteiger partial charge in [-0.3, -0.25) is 0 Å². The van der Waals surface area contributed by atoms with Gasteiger partial charge < -0.3 is 24.8 Å². The molecule has 0 heterocycles. The SMILES string of the molecule is CC1=[C]([Zr+2]([C]2=C(C)C(c3ccccc3)=CC2C)=[Ge]([c]2ccccc2)[c]2ccccc2)C(C)C=C1c1ccccc1.[Cl-].[Cl-]. The topological polar surface area (TPSA) is 0 Å². The van der Waals surface area contributed by atoms with Crippen LogP contribution in [0.1, 0.15) is 38.8 Å². The first kappa shape index (κ1) is 32.8. The van der Waals surface area contributed by atoms with Crippen molar-refractivity contribution in [1.82, 2.24) is 0 Å². The van der Waals surface area contributed by atoms with Crippen molar-refractivity contribution in [2.24, 2.45) is 11.8 Å². The molecule has 6 rings (SSSR count). The first-order valence-corrected chi connectivity index (χ1v) is 26.4. The van der Waals surface area contributed by atoms with Crippen LogP contribution in [-0.2, 0) is 18.6 Å². The summed E-state index contributed by atoms with van der Waals surface area (Å²) in [5.41, 5.74) is 8.76. The van der Waals surface area contributed by atoms with E-state index in [0.717, 1.165) is 0 Å². The first-order chi connectivity index (χ1) is 19.5. The van der Waals surface area contributed by atoms with Crippen LogP contribution in [0.5, 0.6) is 0 Å². The van der Waals surface area contributed by atoms with E-state index >= 15 is 0 Å². The van der Waals surface area contributed by atoms with Gasteiger partial charge in [0.2, 0.25) is 0 Å². The van der Waals surface area contributed by atoms with Crippen LogP contribution >= 0.6 is 0 Å². The molecule has 210 valence electrons.